The van der Waals surface area contributed by atoms with Crippen LogP contribution in [-0.2, 0) is 6.54 Å². The number of amides is 1. The van der Waals surface area contributed by atoms with E-state index in [0.29, 0.717) is 28.8 Å². The van der Waals surface area contributed by atoms with Crippen molar-refractivity contribution in [2.24, 2.45) is 0 Å². The normalized spacial score (nSPS) is 10.0. The van der Waals surface area contributed by atoms with Gasteiger partial charge in [0.05, 0.1) is 22.7 Å². The van der Waals surface area contributed by atoms with Crippen molar-refractivity contribution in [3.8, 4) is 11.8 Å². The smallest absolute Gasteiger partial charge is 0.274 e. The van der Waals surface area contributed by atoms with Crippen molar-refractivity contribution in [3.63, 3.8) is 0 Å². The first-order valence-electron chi connectivity index (χ1n) is 6.36. The van der Waals surface area contributed by atoms with Gasteiger partial charge >= 0.3 is 0 Å². The van der Waals surface area contributed by atoms with Crippen LogP contribution in [0, 0.1) is 11.8 Å². The van der Waals surface area contributed by atoms with Crippen molar-refractivity contribution < 1.29 is 9.90 Å². The van der Waals surface area contributed by atoms with Crippen molar-refractivity contribution in [3.05, 3.63) is 34.1 Å². The Morgan fingerprint density at radius 2 is 2.43 bits per heavy atom. The summed E-state index contributed by atoms with van der Waals surface area (Å²) in [5.41, 5.74) is 0.491. The first kappa shape index (κ1) is 15.6. The molecule has 0 atom stereocenters. The first-order valence-corrected chi connectivity index (χ1v) is 7.56. The number of thiazole rings is 1. The van der Waals surface area contributed by atoms with Crippen LogP contribution in [0.4, 0.5) is 5.13 Å². The lowest BCUT2D eigenvalue weighted by atomic mass is 10.4. The number of halogens is 1. The lowest BCUT2D eigenvalue weighted by molar-refractivity contribution is 0.101. The van der Waals surface area contributed by atoms with Crippen LogP contribution in [0.25, 0.3) is 0 Å². The maximum atomic E-state index is 12.2. The molecule has 1 amide bonds. The van der Waals surface area contributed by atoms with Crippen LogP contribution in [0.2, 0.25) is 5.02 Å². The van der Waals surface area contributed by atoms with E-state index in [9.17, 15) is 4.79 Å². The number of hydrogen-bond acceptors (Lipinski definition) is 4. The molecule has 0 saturated carbocycles. The lowest BCUT2D eigenvalue weighted by Crippen LogP contribution is -2.16. The molecule has 2 rings (SSSR count). The van der Waals surface area contributed by atoms with Crippen molar-refractivity contribution in [1.82, 2.24) is 9.55 Å². The van der Waals surface area contributed by atoms with E-state index in [1.54, 1.807) is 23.0 Å². The molecular formula is C14H14ClN3O2S. The summed E-state index contributed by atoms with van der Waals surface area (Å²) in [6, 6.07) is 1.62. The minimum atomic E-state index is -0.257. The molecule has 0 aliphatic carbocycles. The van der Waals surface area contributed by atoms with Gasteiger partial charge in [-0.1, -0.05) is 34.8 Å². The van der Waals surface area contributed by atoms with Crippen molar-refractivity contribution >= 4 is 34.0 Å². The molecule has 2 aromatic heterocycles. The highest BCUT2D eigenvalue weighted by atomic mass is 35.5. The van der Waals surface area contributed by atoms with Crippen LogP contribution < -0.4 is 5.32 Å². The molecule has 2 heterocycles. The van der Waals surface area contributed by atoms with Crippen molar-refractivity contribution in [1.29, 1.82) is 0 Å². The monoisotopic (exact) mass is 323 g/mol. The second kappa shape index (κ2) is 7.27. The number of nitrogens with one attached hydrogen (secondary N) is 1. The summed E-state index contributed by atoms with van der Waals surface area (Å²) in [5, 5.41) is 12.4. The third-order valence-electron chi connectivity index (χ3n) is 2.61. The first-order chi connectivity index (χ1) is 10.1. The van der Waals surface area contributed by atoms with Crippen LogP contribution in [0.3, 0.4) is 0 Å². The molecule has 0 aromatic carbocycles. The minimum absolute atomic E-state index is 0.0319. The molecular weight excluding hydrogens is 310 g/mol. The second-order valence-electron chi connectivity index (χ2n) is 4.09. The Labute approximate surface area is 131 Å². The zero-order chi connectivity index (χ0) is 15.2. The molecule has 0 aliphatic heterocycles. The molecule has 2 N–H and O–H groups in total. The number of carbonyl (C=O) groups excluding carboxylic acids is 1. The summed E-state index contributed by atoms with van der Waals surface area (Å²) in [6.45, 7) is 2.63. The minimum Gasteiger partial charge on any atom is -0.395 e. The zero-order valence-electron chi connectivity index (χ0n) is 11.4. The van der Waals surface area contributed by atoms with Gasteiger partial charge in [-0.3, -0.25) is 10.1 Å². The van der Waals surface area contributed by atoms with Gasteiger partial charge in [0.1, 0.15) is 5.69 Å². The number of nitrogens with zero attached hydrogens (tertiary/aromatic N) is 2. The summed E-state index contributed by atoms with van der Waals surface area (Å²) in [7, 11) is 0. The number of aliphatic hydroxyl groups is 1. The van der Waals surface area contributed by atoms with E-state index in [-0.39, 0.29) is 12.5 Å². The fourth-order valence-corrected chi connectivity index (χ4v) is 2.59. The molecule has 2 aromatic rings. The maximum absolute atomic E-state index is 12.2. The molecule has 21 heavy (non-hydrogen) atoms. The highest BCUT2D eigenvalue weighted by Gasteiger charge is 2.14. The summed E-state index contributed by atoms with van der Waals surface area (Å²) in [4.78, 5) is 17.0. The highest BCUT2D eigenvalue weighted by Crippen LogP contribution is 2.20. The second-order valence-corrected chi connectivity index (χ2v) is 5.56. The van der Waals surface area contributed by atoms with Gasteiger partial charge in [0.2, 0.25) is 0 Å². The van der Waals surface area contributed by atoms with Gasteiger partial charge in [-0.15, -0.1) is 0 Å². The SMILES string of the molecule is CCn1cc(Cl)cc1C(=O)Nc1ncc(C#CCCO)s1. The number of anilines is 1. The third-order valence-corrected chi connectivity index (χ3v) is 3.65. The predicted octanol–water partition coefficient (Wildman–Crippen LogP) is 2.60. The summed E-state index contributed by atoms with van der Waals surface area (Å²) in [6.07, 6.45) is 3.72. The molecule has 0 bridgehead atoms. The largest absolute Gasteiger partial charge is 0.395 e. The predicted molar refractivity (Wildman–Crippen MR) is 83.8 cm³/mol. The molecule has 110 valence electrons. The number of aliphatic hydroxyl groups excluding tert-OH is 1. The van der Waals surface area contributed by atoms with Crippen LogP contribution in [-0.4, -0.2) is 27.2 Å². The molecule has 7 heteroatoms. The van der Waals surface area contributed by atoms with Gasteiger partial charge in [-0.05, 0) is 13.0 Å². The van der Waals surface area contributed by atoms with Crippen LogP contribution in [0.1, 0.15) is 28.7 Å². The highest BCUT2D eigenvalue weighted by molar-refractivity contribution is 7.16. The molecule has 0 radical (unpaired) electrons. The van der Waals surface area contributed by atoms with Gasteiger partial charge in [-0.25, -0.2) is 4.98 Å². The van der Waals surface area contributed by atoms with E-state index < -0.39 is 0 Å². The van der Waals surface area contributed by atoms with Gasteiger partial charge in [0.25, 0.3) is 5.91 Å². The fourth-order valence-electron chi connectivity index (χ4n) is 1.68. The van der Waals surface area contributed by atoms with Crippen LogP contribution >= 0.6 is 22.9 Å². The molecule has 0 fully saturated rings. The fraction of sp³-hybridized carbons (Fsp3) is 0.286. The Kier molecular flexibility index (Phi) is 5.39. The Morgan fingerprint density at radius 1 is 1.62 bits per heavy atom. The van der Waals surface area contributed by atoms with Crippen LogP contribution in [0.15, 0.2) is 18.5 Å². The van der Waals surface area contributed by atoms with Gasteiger partial charge in [-0.2, -0.15) is 0 Å². The van der Waals surface area contributed by atoms with E-state index in [0.717, 1.165) is 4.88 Å². The van der Waals surface area contributed by atoms with Crippen molar-refractivity contribution in [2.45, 2.75) is 19.9 Å². The standard InChI is InChI=1S/C14H14ClN3O2S/c1-2-18-9-10(15)7-12(18)13(20)17-14-16-8-11(21-14)5-3-4-6-19/h7-9,19H,2,4,6H2,1H3,(H,16,17,20). The van der Waals surface area contributed by atoms with Crippen LogP contribution in [0.5, 0.6) is 0 Å². The van der Waals surface area contributed by atoms with E-state index in [2.05, 4.69) is 22.1 Å². The average molecular weight is 324 g/mol. The average Bonchev–Trinajstić information content (AvgIpc) is 3.05. The zero-order valence-corrected chi connectivity index (χ0v) is 13.0. The quantitative estimate of drug-likeness (QED) is 0.850. The Balaban J connectivity index is 2.08. The Morgan fingerprint density at radius 3 is 3.14 bits per heavy atom. The number of carbonyl (C=O) groups is 1. The topological polar surface area (TPSA) is 67.2 Å². The number of hydrogen-bond donors (Lipinski definition) is 2. The Bertz CT molecular complexity index is 697. The maximum Gasteiger partial charge on any atom is 0.274 e. The third kappa shape index (κ3) is 4.08. The molecule has 0 saturated heterocycles. The summed E-state index contributed by atoms with van der Waals surface area (Å²) < 4.78 is 1.77. The van der Waals surface area contributed by atoms with Gasteiger partial charge in [0.15, 0.2) is 5.13 Å². The van der Waals surface area contributed by atoms with E-state index >= 15 is 0 Å². The summed E-state index contributed by atoms with van der Waals surface area (Å²) in [5.74, 6) is 5.42. The molecule has 0 aliphatic rings. The van der Waals surface area contributed by atoms with Crippen molar-refractivity contribution in [2.75, 3.05) is 11.9 Å². The molecule has 5 nitrogen and oxygen atoms in total. The number of rotatable bonds is 4. The van der Waals surface area contributed by atoms with E-state index in [1.165, 1.54) is 11.3 Å². The summed E-state index contributed by atoms with van der Waals surface area (Å²) >= 11 is 7.20. The lowest BCUT2D eigenvalue weighted by Gasteiger charge is -2.04. The number of aromatic nitrogens is 2. The van der Waals surface area contributed by atoms with Gasteiger partial charge < -0.3 is 9.67 Å². The Hall–Kier alpha value is -1.81. The molecule has 0 unspecified atom stereocenters. The van der Waals surface area contributed by atoms with E-state index in [4.69, 9.17) is 16.7 Å². The molecule has 0 spiro atoms. The number of aryl methyl sites for hydroxylation is 1. The van der Waals surface area contributed by atoms with Gasteiger partial charge in [0, 0.05) is 19.2 Å². The van der Waals surface area contributed by atoms with E-state index in [1.807, 2.05) is 6.92 Å².